The first-order valence-corrected chi connectivity index (χ1v) is 8.79. The maximum Gasteiger partial charge on any atom is 0.193 e. The molecular formula is C17H33N3O. The molecule has 0 spiro atoms. The van der Waals surface area contributed by atoms with E-state index in [4.69, 9.17) is 4.74 Å². The smallest absolute Gasteiger partial charge is 0.193 e. The van der Waals surface area contributed by atoms with Gasteiger partial charge in [0.05, 0.1) is 0 Å². The number of ether oxygens (including phenoxy) is 1. The molecule has 0 unspecified atom stereocenters. The molecule has 0 radical (unpaired) electrons. The molecule has 0 aromatic rings. The van der Waals surface area contributed by atoms with Crippen molar-refractivity contribution in [2.24, 2.45) is 16.8 Å². The number of guanidine groups is 1. The third-order valence-electron chi connectivity index (χ3n) is 5.06. The molecule has 0 atom stereocenters. The van der Waals surface area contributed by atoms with Crippen molar-refractivity contribution in [1.29, 1.82) is 0 Å². The average molecular weight is 295 g/mol. The molecule has 0 aromatic heterocycles. The number of aliphatic imine (C=N–C) groups is 1. The van der Waals surface area contributed by atoms with Crippen LogP contribution in [0.1, 0.15) is 51.4 Å². The Morgan fingerprint density at radius 3 is 2.48 bits per heavy atom. The molecule has 21 heavy (non-hydrogen) atoms. The first-order valence-electron chi connectivity index (χ1n) is 8.79. The van der Waals surface area contributed by atoms with Crippen LogP contribution < -0.4 is 5.32 Å². The number of hydrogen-bond acceptors (Lipinski definition) is 2. The molecule has 0 aromatic carbocycles. The van der Waals surface area contributed by atoms with Crippen molar-refractivity contribution >= 4 is 5.96 Å². The highest BCUT2D eigenvalue weighted by Gasteiger charge is 2.17. The maximum atomic E-state index is 5.43. The lowest BCUT2D eigenvalue weighted by Crippen LogP contribution is -2.42. The van der Waals surface area contributed by atoms with Gasteiger partial charge in [0.2, 0.25) is 0 Å². The van der Waals surface area contributed by atoms with Crippen LogP contribution in [-0.4, -0.2) is 51.3 Å². The van der Waals surface area contributed by atoms with Crippen molar-refractivity contribution in [2.45, 2.75) is 51.4 Å². The lowest BCUT2D eigenvalue weighted by atomic mass is 9.89. The summed E-state index contributed by atoms with van der Waals surface area (Å²) >= 11 is 0. The van der Waals surface area contributed by atoms with Crippen molar-refractivity contribution in [3.8, 4) is 0 Å². The summed E-state index contributed by atoms with van der Waals surface area (Å²) in [7, 11) is 4.06. The number of nitrogens with one attached hydrogen (secondary N) is 1. The Morgan fingerprint density at radius 1 is 1.10 bits per heavy atom. The molecule has 1 aliphatic heterocycles. The van der Waals surface area contributed by atoms with Gasteiger partial charge in [0.15, 0.2) is 5.96 Å². The van der Waals surface area contributed by atoms with E-state index in [-0.39, 0.29) is 0 Å². The zero-order valence-electron chi connectivity index (χ0n) is 13.9. The zero-order valence-corrected chi connectivity index (χ0v) is 13.9. The van der Waals surface area contributed by atoms with Gasteiger partial charge in [-0.1, -0.05) is 19.3 Å². The molecule has 1 saturated carbocycles. The number of hydrogen-bond donors (Lipinski definition) is 1. The highest BCUT2D eigenvalue weighted by molar-refractivity contribution is 5.79. The SMILES string of the molecule is CN=C(NCC1CCCCC1)N(C)CCC1CCOCC1. The van der Waals surface area contributed by atoms with Gasteiger partial charge in [-0.25, -0.2) is 0 Å². The van der Waals surface area contributed by atoms with E-state index in [2.05, 4.69) is 22.3 Å². The molecule has 1 saturated heterocycles. The summed E-state index contributed by atoms with van der Waals surface area (Å²) in [6.45, 7) is 4.08. The Labute approximate surface area is 130 Å². The summed E-state index contributed by atoms with van der Waals surface area (Å²) in [5.74, 6) is 2.74. The van der Waals surface area contributed by atoms with Gasteiger partial charge in [0, 0.05) is 40.4 Å². The minimum atomic E-state index is 0.831. The molecule has 122 valence electrons. The molecular weight excluding hydrogens is 262 g/mol. The van der Waals surface area contributed by atoms with E-state index in [1.54, 1.807) is 0 Å². The first-order chi connectivity index (χ1) is 10.3. The lowest BCUT2D eigenvalue weighted by Gasteiger charge is -2.28. The molecule has 0 amide bonds. The van der Waals surface area contributed by atoms with Gasteiger partial charge in [0.25, 0.3) is 0 Å². The van der Waals surface area contributed by atoms with Gasteiger partial charge >= 0.3 is 0 Å². The minimum Gasteiger partial charge on any atom is -0.381 e. The van der Waals surface area contributed by atoms with Gasteiger partial charge in [-0.05, 0) is 43.9 Å². The average Bonchev–Trinajstić information content (AvgIpc) is 2.55. The highest BCUT2D eigenvalue weighted by atomic mass is 16.5. The Bertz CT molecular complexity index is 307. The summed E-state index contributed by atoms with van der Waals surface area (Å²) in [6, 6.07) is 0. The second-order valence-corrected chi connectivity index (χ2v) is 6.70. The van der Waals surface area contributed by atoms with E-state index < -0.39 is 0 Å². The Balaban J connectivity index is 1.66. The normalized spacial score (nSPS) is 22.3. The van der Waals surface area contributed by atoms with E-state index >= 15 is 0 Å². The van der Waals surface area contributed by atoms with Crippen LogP contribution in [-0.2, 0) is 4.74 Å². The fourth-order valence-corrected chi connectivity index (χ4v) is 3.53. The van der Waals surface area contributed by atoms with E-state index in [0.29, 0.717) is 0 Å². The van der Waals surface area contributed by atoms with Crippen LogP contribution in [0, 0.1) is 11.8 Å². The van der Waals surface area contributed by atoms with Gasteiger partial charge in [0.1, 0.15) is 0 Å². The highest BCUT2D eigenvalue weighted by Crippen LogP contribution is 2.23. The molecule has 4 heteroatoms. The second-order valence-electron chi connectivity index (χ2n) is 6.70. The lowest BCUT2D eigenvalue weighted by molar-refractivity contribution is 0.0625. The van der Waals surface area contributed by atoms with Crippen molar-refractivity contribution in [1.82, 2.24) is 10.2 Å². The van der Waals surface area contributed by atoms with Crippen molar-refractivity contribution in [3.05, 3.63) is 0 Å². The van der Waals surface area contributed by atoms with Crippen LogP contribution >= 0.6 is 0 Å². The predicted molar refractivity (Wildman–Crippen MR) is 88.7 cm³/mol. The van der Waals surface area contributed by atoms with Crippen molar-refractivity contribution in [3.63, 3.8) is 0 Å². The second kappa shape index (κ2) is 9.29. The summed E-state index contributed by atoms with van der Waals surface area (Å²) in [5, 5.41) is 3.58. The van der Waals surface area contributed by atoms with Crippen LogP contribution in [0.3, 0.4) is 0 Å². The molecule has 2 rings (SSSR count). The first kappa shape index (κ1) is 16.6. The molecule has 2 fully saturated rings. The molecule has 2 aliphatic rings. The van der Waals surface area contributed by atoms with Crippen LogP contribution in [0.2, 0.25) is 0 Å². The summed E-state index contributed by atoms with van der Waals surface area (Å²) in [4.78, 5) is 6.73. The Kier molecular flexibility index (Phi) is 7.34. The topological polar surface area (TPSA) is 36.9 Å². The third kappa shape index (κ3) is 5.85. The van der Waals surface area contributed by atoms with E-state index in [9.17, 15) is 0 Å². The fraction of sp³-hybridized carbons (Fsp3) is 0.941. The molecule has 1 heterocycles. The summed E-state index contributed by atoms with van der Waals surface area (Å²) < 4.78 is 5.43. The van der Waals surface area contributed by atoms with E-state index in [0.717, 1.165) is 44.1 Å². The summed E-state index contributed by atoms with van der Waals surface area (Å²) in [6.07, 6.45) is 10.7. The van der Waals surface area contributed by atoms with Gasteiger partial charge in [-0.2, -0.15) is 0 Å². The number of rotatable bonds is 5. The van der Waals surface area contributed by atoms with Gasteiger partial charge < -0.3 is 15.0 Å². The largest absolute Gasteiger partial charge is 0.381 e. The van der Waals surface area contributed by atoms with Gasteiger partial charge in [-0.15, -0.1) is 0 Å². The number of nitrogens with zero attached hydrogens (tertiary/aromatic N) is 2. The third-order valence-corrected chi connectivity index (χ3v) is 5.06. The standard InChI is InChI=1S/C17H33N3O/c1-18-17(19-14-16-6-4-3-5-7-16)20(2)11-8-15-9-12-21-13-10-15/h15-16H,3-14H2,1-2H3,(H,18,19). The Hall–Kier alpha value is -0.770. The fourth-order valence-electron chi connectivity index (χ4n) is 3.53. The molecule has 1 aliphatic carbocycles. The predicted octanol–water partition coefficient (Wildman–Crippen LogP) is 2.89. The van der Waals surface area contributed by atoms with Crippen LogP contribution in [0.25, 0.3) is 0 Å². The maximum absolute atomic E-state index is 5.43. The monoisotopic (exact) mass is 295 g/mol. The van der Waals surface area contributed by atoms with E-state index in [1.165, 1.54) is 51.4 Å². The minimum absolute atomic E-state index is 0.831. The zero-order chi connectivity index (χ0) is 14.9. The van der Waals surface area contributed by atoms with E-state index in [1.807, 2.05) is 7.05 Å². The molecule has 4 nitrogen and oxygen atoms in total. The van der Waals surface area contributed by atoms with Gasteiger partial charge in [-0.3, -0.25) is 4.99 Å². The van der Waals surface area contributed by atoms with Crippen molar-refractivity contribution < 1.29 is 4.74 Å². The van der Waals surface area contributed by atoms with Crippen LogP contribution in [0.4, 0.5) is 0 Å². The van der Waals surface area contributed by atoms with Crippen LogP contribution in [0.15, 0.2) is 4.99 Å². The van der Waals surface area contributed by atoms with Crippen LogP contribution in [0.5, 0.6) is 0 Å². The summed E-state index contributed by atoms with van der Waals surface area (Å²) in [5.41, 5.74) is 0. The molecule has 0 bridgehead atoms. The molecule has 1 N–H and O–H groups in total. The van der Waals surface area contributed by atoms with Crippen molar-refractivity contribution in [2.75, 3.05) is 40.4 Å². The Morgan fingerprint density at radius 2 is 1.81 bits per heavy atom. The quantitative estimate of drug-likeness (QED) is 0.626.